The van der Waals surface area contributed by atoms with Crippen molar-refractivity contribution in [3.8, 4) is 5.75 Å². The third-order valence-electron chi connectivity index (χ3n) is 5.37. The Labute approximate surface area is 162 Å². The summed E-state index contributed by atoms with van der Waals surface area (Å²) in [4.78, 5) is 12.8. The summed E-state index contributed by atoms with van der Waals surface area (Å²) in [5.41, 5.74) is 4.43. The highest BCUT2D eigenvalue weighted by atomic mass is 16.3. The summed E-state index contributed by atoms with van der Waals surface area (Å²) in [7, 11) is 0. The van der Waals surface area contributed by atoms with Gasteiger partial charge in [-0.3, -0.25) is 9.80 Å². The number of phenolic OH excluding ortho intramolecular Hbond substituents is 1. The van der Waals surface area contributed by atoms with Crippen LogP contribution in [0.1, 0.15) is 35.2 Å². The van der Waals surface area contributed by atoms with Gasteiger partial charge >= 0.3 is 0 Å². The van der Waals surface area contributed by atoms with Gasteiger partial charge in [-0.1, -0.05) is 66.7 Å². The summed E-state index contributed by atoms with van der Waals surface area (Å²) >= 11 is 0. The van der Waals surface area contributed by atoms with E-state index in [4.69, 9.17) is 5.10 Å². The van der Waals surface area contributed by atoms with E-state index in [1.54, 1.807) is 12.1 Å². The van der Waals surface area contributed by atoms with E-state index >= 15 is 0 Å². The second-order valence-corrected chi connectivity index (χ2v) is 7.05. The van der Waals surface area contributed by atoms with E-state index < -0.39 is 6.04 Å². The summed E-state index contributed by atoms with van der Waals surface area (Å²) < 4.78 is 0. The maximum atomic E-state index is 12.8. The minimum atomic E-state index is -0.526. The third-order valence-corrected chi connectivity index (χ3v) is 5.37. The molecule has 2 aliphatic heterocycles. The van der Waals surface area contributed by atoms with Crippen molar-refractivity contribution in [2.45, 2.75) is 18.5 Å². The van der Waals surface area contributed by atoms with Crippen molar-refractivity contribution in [3.05, 3.63) is 95.6 Å². The number of rotatable bonds is 3. The number of hydrogen-bond acceptors (Lipinski definition) is 4. The number of carbonyl (C=O) groups excluding carboxylic acids is 1. The van der Waals surface area contributed by atoms with Crippen LogP contribution in [-0.4, -0.2) is 21.7 Å². The summed E-state index contributed by atoms with van der Waals surface area (Å²) in [5, 5.41) is 20.1. The molecule has 2 aliphatic rings. The van der Waals surface area contributed by atoms with Gasteiger partial charge in [-0.05, 0) is 17.7 Å². The van der Waals surface area contributed by atoms with Gasteiger partial charge in [-0.25, -0.2) is 0 Å². The molecule has 0 spiro atoms. The molecule has 5 rings (SSSR count). The SMILES string of the molecule is O=C1Nc2ccccc2[C@H]1N1N=C(c2ccccc2)C[C@H]1c1ccccc1O. The number of fused-ring (bicyclic) bond motifs is 1. The van der Waals surface area contributed by atoms with E-state index in [2.05, 4.69) is 5.32 Å². The zero-order valence-corrected chi connectivity index (χ0v) is 15.1. The van der Waals surface area contributed by atoms with E-state index in [-0.39, 0.29) is 17.7 Å². The number of nitrogens with zero attached hydrogens (tertiary/aromatic N) is 2. The van der Waals surface area contributed by atoms with Crippen molar-refractivity contribution in [3.63, 3.8) is 0 Å². The summed E-state index contributed by atoms with van der Waals surface area (Å²) in [6.07, 6.45) is 0.619. The summed E-state index contributed by atoms with van der Waals surface area (Å²) in [6, 6.07) is 24.2. The van der Waals surface area contributed by atoms with Crippen LogP contribution in [0, 0.1) is 0 Å². The van der Waals surface area contributed by atoms with Gasteiger partial charge in [0.1, 0.15) is 5.75 Å². The molecule has 3 aromatic rings. The van der Waals surface area contributed by atoms with Crippen molar-refractivity contribution in [2.24, 2.45) is 5.10 Å². The first-order valence-electron chi connectivity index (χ1n) is 9.31. The number of carbonyl (C=O) groups is 1. The average molecular weight is 369 g/mol. The first kappa shape index (κ1) is 16.6. The lowest BCUT2D eigenvalue weighted by Gasteiger charge is -2.29. The maximum Gasteiger partial charge on any atom is 0.253 e. The normalized spacial score (nSPS) is 20.6. The molecule has 0 aliphatic carbocycles. The third kappa shape index (κ3) is 2.63. The molecule has 2 N–H and O–H groups in total. The standard InChI is InChI=1S/C23H19N3O2/c27-21-13-7-5-11-17(21)20-14-19(15-8-2-1-3-9-15)25-26(20)22-16-10-4-6-12-18(16)24-23(22)28/h1-13,20,22,27H,14H2,(H,24,28)/t20-,22+/m0/s1. The minimum absolute atomic E-state index is 0.0975. The second kappa shape index (κ2) is 6.53. The molecule has 138 valence electrons. The predicted octanol–water partition coefficient (Wildman–Crippen LogP) is 4.24. The Hall–Kier alpha value is -3.60. The minimum Gasteiger partial charge on any atom is -0.508 e. The van der Waals surface area contributed by atoms with Crippen LogP contribution >= 0.6 is 0 Å². The molecule has 0 saturated heterocycles. The van der Waals surface area contributed by atoms with Gasteiger partial charge in [-0.2, -0.15) is 5.10 Å². The molecule has 28 heavy (non-hydrogen) atoms. The van der Waals surface area contributed by atoms with E-state index in [1.165, 1.54) is 0 Å². The Morgan fingerprint density at radius 3 is 2.36 bits per heavy atom. The molecule has 5 nitrogen and oxygen atoms in total. The fourth-order valence-corrected chi connectivity index (χ4v) is 4.05. The van der Waals surface area contributed by atoms with Gasteiger partial charge in [0, 0.05) is 23.2 Å². The lowest BCUT2D eigenvalue weighted by molar-refractivity contribution is -0.121. The first-order valence-corrected chi connectivity index (χ1v) is 9.31. The molecule has 2 atom stereocenters. The molecule has 3 aromatic carbocycles. The second-order valence-electron chi connectivity index (χ2n) is 7.05. The highest BCUT2D eigenvalue weighted by Crippen LogP contribution is 2.45. The van der Waals surface area contributed by atoms with Crippen LogP contribution in [0.5, 0.6) is 5.75 Å². The van der Waals surface area contributed by atoms with Crippen molar-refractivity contribution in [1.29, 1.82) is 0 Å². The van der Waals surface area contributed by atoms with Gasteiger partial charge in [0.05, 0.1) is 11.8 Å². The number of phenols is 1. The molecular weight excluding hydrogens is 350 g/mol. The van der Waals surface area contributed by atoms with Gasteiger partial charge < -0.3 is 10.4 Å². The van der Waals surface area contributed by atoms with E-state index in [0.717, 1.165) is 28.1 Å². The summed E-state index contributed by atoms with van der Waals surface area (Å²) in [5.74, 6) is 0.119. The Morgan fingerprint density at radius 2 is 1.57 bits per heavy atom. The molecule has 0 aromatic heterocycles. The highest BCUT2D eigenvalue weighted by molar-refractivity contribution is 6.04. The quantitative estimate of drug-likeness (QED) is 0.726. The van der Waals surface area contributed by atoms with Crippen LogP contribution in [0.15, 0.2) is 84.0 Å². The van der Waals surface area contributed by atoms with Crippen LogP contribution < -0.4 is 5.32 Å². The first-order chi connectivity index (χ1) is 13.7. The molecule has 5 heteroatoms. The molecule has 2 heterocycles. The monoisotopic (exact) mass is 369 g/mol. The fourth-order valence-electron chi connectivity index (χ4n) is 4.05. The molecule has 0 saturated carbocycles. The van der Waals surface area contributed by atoms with E-state index in [1.807, 2.05) is 71.7 Å². The van der Waals surface area contributed by atoms with Gasteiger partial charge in [0.2, 0.25) is 0 Å². The lowest BCUT2D eigenvalue weighted by atomic mass is 9.96. The average Bonchev–Trinajstić information content (AvgIpc) is 3.29. The maximum absolute atomic E-state index is 12.8. The number of amides is 1. The number of hydrogen-bond donors (Lipinski definition) is 2. The van der Waals surface area contributed by atoms with Crippen LogP contribution in [0.3, 0.4) is 0 Å². The molecular formula is C23H19N3O2. The zero-order valence-electron chi connectivity index (χ0n) is 15.1. The molecule has 0 fully saturated rings. The number of aromatic hydroxyl groups is 1. The van der Waals surface area contributed by atoms with Gasteiger partial charge in [0.15, 0.2) is 6.04 Å². The largest absolute Gasteiger partial charge is 0.508 e. The van der Waals surface area contributed by atoms with Crippen LogP contribution in [0.25, 0.3) is 0 Å². The van der Waals surface area contributed by atoms with Crippen LogP contribution in [0.2, 0.25) is 0 Å². The topological polar surface area (TPSA) is 64.9 Å². The number of anilines is 1. The number of hydrazone groups is 1. The lowest BCUT2D eigenvalue weighted by Crippen LogP contribution is -2.30. The smallest absolute Gasteiger partial charge is 0.253 e. The van der Waals surface area contributed by atoms with Crippen molar-refractivity contribution in [2.75, 3.05) is 5.32 Å². The number of benzene rings is 3. The Kier molecular flexibility index (Phi) is 3.86. The molecule has 1 amide bonds. The van der Waals surface area contributed by atoms with Crippen LogP contribution in [0.4, 0.5) is 5.69 Å². The summed E-state index contributed by atoms with van der Waals surface area (Å²) in [6.45, 7) is 0. The van der Waals surface area contributed by atoms with Crippen molar-refractivity contribution < 1.29 is 9.90 Å². The molecule has 0 unspecified atom stereocenters. The predicted molar refractivity (Wildman–Crippen MR) is 108 cm³/mol. The van der Waals surface area contributed by atoms with Crippen molar-refractivity contribution in [1.82, 2.24) is 5.01 Å². The van der Waals surface area contributed by atoms with Crippen LogP contribution in [-0.2, 0) is 4.79 Å². The molecule has 0 radical (unpaired) electrons. The van der Waals surface area contributed by atoms with E-state index in [0.29, 0.717) is 6.42 Å². The van der Waals surface area contributed by atoms with Gasteiger partial charge in [-0.15, -0.1) is 0 Å². The Bertz CT molecular complexity index is 1080. The van der Waals surface area contributed by atoms with Gasteiger partial charge in [0.25, 0.3) is 5.91 Å². The highest BCUT2D eigenvalue weighted by Gasteiger charge is 2.42. The Morgan fingerprint density at radius 1 is 0.893 bits per heavy atom. The van der Waals surface area contributed by atoms with Crippen molar-refractivity contribution >= 4 is 17.3 Å². The van der Waals surface area contributed by atoms with E-state index in [9.17, 15) is 9.90 Å². The Balaban J connectivity index is 1.62. The zero-order chi connectivity index (χ0) is 19.1. The number of nitrogens with one attached hydrogen (secondary N) is 1. The molecule has 0 bridgehead atoms. The fraction of sp³-hybridized carbons (Fsp3) is 0.130. The number of para-hydroxylation sites is 2.